The number of nitrogens with one attached hydrogen (secondary N) is 1. The van der Waals surface area contributed by atoms with E-state index in [2.05, 4.69) is 15.7 Å². The van der Waals surface area contributed by atoms with Crippen molar-refractivity contribution in [3.8, 4) is 0 Å². The third kappa shape index (κ3) is 6.36. The molecule has 0 saturated carbocycles. The second-order valence-corrected chi connectivity index (χ2v) is 7.88. The number of esters is 1. The van der Waals surface area contributed by atoms with Gasteiger partial charge in [0.15, 0.2) is 0 Å². The highest BCUT2D eigenvalue weighted by Gasteiger charge is 2.33. The molecule has 0 bridgehead atoms. The van der Waals surface area contributed by atoms with E-state index in [1.165, 1.54) is 7.11 Å². The van der Waals surface area contributed by atoms with Gasteiger partial charge in [0.05, 0.1) is 7.11 Å². The molecule has 6 heteroatoms. The van der Waals surface area contributed by atoms with Crippen LogP contribution < -0.4 is 5.32 Å². The van der Waals surface area contributed by atoms with Gasteiger partial charge in [0.2, 0.25) is 0 Å². The Balaban J connectivity index is 2.34. The third-order valence-corrected chi connectivity index (χ3v) is 5.36. The first-order valence-corrected chi connectivity index (χ1v) is 9.15. The highest BCUT2D eigenvalue weighted by molar-refractivity contribution is 8.00. The fourth-order valence-corrected chi connectivity index (χ4v) is 4.15. The predicted octanol–water partition coefficient (Wildman–Crippen LogP) is 3.64. The van der Waals surface area contributed by atoms with Gasteiger partial charge in [0.25, 0.3) is 0 Å². The van der Waals surface area contributed by atoms with Gasteiger partial charge in [-0.15, -0.1) is 11.3 Å². The predicted molar refractivity (Wildman–Crippen MR) is 90.1 cm³/mol. The first-order valence-electron chi connectivity index (χ1n) is 7.28. The summed E-state index contributed by atoms with van der Waals surface area (Å²) in [7, 11) is 1.45. The van der Waals surface area contributed by atoms with Crippen molar-refractivity contribution in [3.63, 3.8) is 0 Å². The summed E-state index contributed by atoms with van der Waals surface area (Å²) < 4.78 is 6.06. The van der Waals surface area contributed by atoms with Crippen molar-refractivity contribution in [2.45, 2.75) is 62.9 Å². The molecule has 4 nitrogen and oxygen atoms in total. The van der Waals surface area contributed by atoms with Crippen molar-refractivity contribution in [3.05, 3.63) is 11.1 Å². The normalized spacial score (nSPS) is 14.2. The molecule has 0 fully saturated rings. The number of hydrogen-bond acceptors (Lipinski definition) is 6. The maximum atomic E-state index is 12.0. The number of methoxy groups -OCH3 is 1. The van der Waals surface area contributed by atoms with E-state index >= 15 is 0 Å². The molecule has 1 N–H and O–H groups in total. The Hall–Kier alpha value is -0.590. The Morgan fingerprint density at radius 1 is 1.52 bits per heavy atom. The largest absolute Gasteiger partial charge is 0.468 e. The number of carbonyl (C=O) groups excluding carboxylic acids is 1. The molecule has 0 amide bonds. The van der Waals surface area contributed by atoms with E-state index in [1.807, 2.05) is 27.7 Å². The molecule has 0 aliphatic heterocycles. The lowest BCUT2D eigenvalue weighted by Gasteiger charge is -2.30. The van der Waals surface area contributed by atoms with Crippen LogP contribution in [0.1, 0.15) is 45.7 Å². The van der Waals surface area contributed by atoms with Crippen LogP contribution in [0.3, 0.4) is 0 Å². The summed E-state index contributed by atoms with van der Waals surface area (Å²) in [5.74, 6) is 0.853. The SMILES string of the molecule is COC(=O)C(C)(CCCCSc1nc(C)cs1)NC(C)C. The highest BCUT2D eigenvalue weighted by Crippen LogP contribution is 2.24. The lowest BCUT2D eigenvalue weighted by molar-refractivity contribution is -0.148. The third-order valence-electron chi connectivity index (χ3n) is 3.14. The number of ether oxygens (including phenoxy) is 1. The fraction of sp³-hybridized carbons (Fsp3) is 0.733. The molecule has 1 unspecified atom stereocenters. The van der Waals surface area contributed by atoms with Crippen molar-refractivity contribution >= 4 is 29.1 Å². The average Bonchev–Trinajstić information content (AvgIpc) is 2.82. The highest BCUT2D eigenvalue weighted by atomic mass is 32.2. The molecular weight excluding hydrogens is 304 g/mol. The van der Waals surface area contributed by atoms with Crippen LogP contribution in [-0.2, 0) is 9.53 Å². The summed E-state index contributed by atoms with van der Waals surface area (Å²) >= 11 is 3.49. The van der Waals surface area contributed by atoms with Crippen molar-refractivity contribution in [2.75, 3.05) is 12.9 Å². The molecule has 0 aromatic carbocycles. The van der Waals surface area contributed by atoms with Crippen LogP contribution in [-0.4, -0.2) is 35.4 Å². The average molecular weight is 331 g/mol. The topological polar surface area (TPSA) is 51.2 Å². The van der Waals surface area contributed by atoms with E-state index in [0.717, 1.165) is 35.0 Å². The molecule has 21 heavy (non-hydrogen) atoms. The van der Waals surface area contributed by atoms with Crippen LogP contribution in [0.15, 0.2) is 9.72 Å². The summed E-state index contributed by atoms with van der Waals surface area (Å²) in [6, 6.07) is 0.252. The zero-order chi connectivity index (χ0) is 15.9. The van der Waals surface area contributed by atoms with Crippen molar-refractivity contribution in [1.29, 1.82) is 0 Å². The molecule has 0 aliphatic rings. The van der Waals surface area contributed by atoms with Crippen LogP contribution in [0, 0.1) is 6.92 Å². The Labute approximate surface area is 136 Å². The minimum atomic E-state index is -0.592. The van der Waals surface area contributed by atoms with Gasteiger partial charge in [0.1, 0.15) is 9.88 Å². The zero-order valence-electron chi connectivity index (χ0n) is 13.6. The van der Waals surface area contributed by atoms with Crippen molar-refractivity contribution in [1.82, 2.24) is 10.3 Å². The van der Waals surface area contributed by atoms with Gasteiger partial charge in [-0.2, -0.15) is 0 Å². The van der Waals surface area contributed by atoms with Gasteiger partial charge in [-0.25, -0.2) is 4.98 Å². The maximum absolute atomic E-state index is 12.0. The van der Waals surface area contributed by atoms with Crippen LogP contribution in [0.4, 0.5) is 0 Å². The first-order chi connectivity index (χ1) is 9.87. The molecule has 1 heterocycles. The number of carbonyl (C=O) groups is 1. The number of thioether (sulfide) groups is 1. The minimum Gasteiger partial charge on any atom is -0.468 e. The van der Waals surface area contributed by atoms with E-state index in [0.29, 0.717) is 0 Å². The van der Waals surface area contributed by atoms with Gasteiger partial charge in [-0.3, -0.25) is 10.1 Å². The van der Waals surface area contributed by atoms with Crippen LogP contribution in [0.2, 0.25) is 0 Å². The Kier molecular flexibility index (Phi) is 7.70. The summed E-state index contributed by atoms with van der Waals surface area (Å²) in [5, 5.41) is 5.40. The number of aryl methyl sites for hydroxylation is 1. The number of nitrogens with zero attached hydrogens (tertiary/aromatic N) is 1. The lowest BCUT2D eigenvalue weighted by Crippen LogP contribution is -2.52. The molecule has 0 aliphatic carbocycles. The van der Waals surface area contributed by atoms with Gasteiger partial charge >= 0.3 is 5.97 Å². The van der Waals surface area contributed by atoms with Crippen LogP contribution >= 0.6 is 23.1 Å². The molecule has 120 valence electrons. The maximum Gasteiger partial charge on any atom is 0.325 e. The first kappa shape index (κ1) is 18.5. The molecule has 1 aromatic rings. The van der Waals surface area contributed by atoms with Gasteiger partial charge in [-0.1, -0.05) is 18.2 Å². The Morgan fingerprint density at radius 3 is 2.76 bits per heavy atom. The summed E-state index contributed by atoms with van der Waals surface area (Å²) in [6.45, 7) is 8.03. The second kappa shape index (κ2) is 8.76. The lowest BCUT2D eigenvalue weighted by atomic mass is 9.94. The van der Waals surface area contributed by atoms with Gasteiger partial charge in [-0.05, 0) is 40.5 Å². The quantitative estimate of drug-likeness (QED) is 0.425. The van der Waals surface area contributed by atoms with E-state index in [1.54, 1.807) is 23.1 Å². The van der Waals surface area contributed by atoms with Crippen molar-refractivity contribution in [2.24, 2.45) is 0 Å². The molecule has 1 aromatic heterocycles. The molecular formula is C15H26N2O2S2. The summed E-state index contributed by atoms with van der Waals surface area (Å²) in [5.41, 5.74) is 0.493. The van der Waals surface area contributed by atoms with E-state index in [9.17, 15) is 4.79 Å². The Bertz CT molecular complexity index is 449. The van der Waals surface area contributed by atoms with Crippen molar-refractivity contribution < 1.29 is 9.53 Å². The fourth-order valence-electron chi connectivity index (χ4n) is 2.23. The number of unbranched alkanes of at least 4 members (excludes halogenated alkanes) is 1. The summed E-state index contributed by atoms with van der Waals surface area (Å²) in [4.78, 5) is 16.4. The smallest absolute Gasteiger partial charge is 0.325 e. The molecule has 0 saturated heterocycles. The number of thiazole rings is 1. The number of hydrogen-bond donors (Lipinski definition) is 1. The number of rotatable bonds is 9. The zero-order valence-corrected chi connectivity index (χ0v) is 15.2. The van der Waals surface area contributed by atoms with Crippen LogP contribution in [0.5, 0.6) is 0 Å². The monoisotopic (exact) mass is 330 g/mol. The second-order valence-electron chi connectivity index (χ2n) is 5.68. The summed E-state index contributed by atoms with van der Waals surface area (Å²) in [6.07, 6.45) is 2.84. The molecule has 1 rings (SSSR count). The minimum absolute atomic E-state index is 0.181. The molecule has 0 radical (unpaired) electrons. The van der Waals surface area contributed by atoms with Gasteiger partial charge in [0, 0.05) is 22.9 Å². The van der Waals surface area contributed by atoms with E-state index < -0.39 is 5.54 Å². The standard InChI is InChI=1S/C15H26N2O2S2/c1-11(2)17-15(4,13(18)19-5)8-6-7-9-20-14-16-12(3)10-21-14/h10-11,17H,6-9H2,1-5H3. The van der Waals surface area contributed by atoms with E-state index in [4.69, 9.17) is 4.74 Å². The number of aromatic nitrogens is 1. The molecule has 1 atom stereocenters. The van der Waals surface area contributed by atoms with E-state index in [-0.39, 0.29) is 12.0 Å². The van der Waals surface area contributed by atoms with Crippen LogP contribution in [0.25, 0.3) is 0 Å². The molecule has 0 spiro atoms. The van der Waals surface area contributed by atoms with Gasteiger partial charge < -0.3 is 4.74 Å². The Morgan fingerprint density at radius 2 is 2.24 bits per heavy atom.